The molecule has 1 aromatic heterocycles. The minimum atomic E-state index is -0.335. The highest BCUT2D eigenvalue weighted by atomic mass is 16.2. The maximum atomic E-state index is 13.3. The SMILES string of the molecule is O=C(Nc1ccccc1)[C@@H](c1ccccc1)N1CCCN(c2cccnn2)CC1. The van der Waals surface area contributed by atoms with Crippen LogP contribution in [0.15, 0.2) is 79.0 Å². The fourth-order valence-electron chi connectivity index (χ4n) is 3.78. The summed E-state index contributed by atoms with van der Waals surface area (Å²) in [5, 5.41) is 11.3. The van der Waals surface area contributed by atoms with Gasteiger partial charge in [-0.15, -0.1) is 5.10 Å². The number of rotatable bonds is 5. The molecule has 1 amide bonds. The number of aromatic nitrogens is 2. The van der Waals surface area contributed by atoms with Gasteiger partial charge in [-0.1, -0.05) is 48.5 Å². The van der Waals surface area contributed by atoms with E-state index in [1.54, 1.807) is 6.20 Å². The smallest absolute Gasteiger partial charge is 0.246 e. The van der Waals surface area contributed by atoms with Crippen molar-refractivity contribution in [2.24, 2.45) is 0 Å². The molecule has 148 valence electrons. The molecule has 6 heteroatoms. The maximum Gasteiger partial charge on any atom is 0.246 e. The summed E-state index contributed by atoms with van der Waals surface area (Å²) in [6.45, 7) is 3.33. The van der Waals surface area contributed by atoms with Gasteiger partial charge in [-0.25, -0.2) is 0 Å². The molecule has 6 nitrogen and oxygen atoms in total. The lowest BCUT2D eigenvalue weighted by atomic mass is 10.0. The van der Waals surface area contributed by atoms with E-state index in [-0.39, 0.29) is 11.9 Å². The topological polar surface area (TPSA) is 61.4 Å². The van der Waals surface area contributed by atoms with Crippen LogP contribution in [0.3, 0.4) is 0 Å². The Bertz CT molecular complexity index is 904. The summed E-state index contributed by atoms with van der Waals surface area (Å²) in [4.78, 5) is 17.8. The summed E-state index contributed by atoms with van der Waals surface area (Å²) < 4.78 is 0. The fourth-order valence-corrected chi connectivity index (χ4v) is 3.78. The number of hydrogen-bond acceptors (Lipinski definition) is 5. The lowest BCUT2D eigenvalue weighted by Crippen LogP contribution is -2.39. The predicted molar refractivity (Wildman–Crippen MR) is 115 cm³/mol. The van der Waals surface area contributed by atoms with Crippen molar-refractivity contribution in [3.05, 3.63) is 84.6 Å². The quantitative estimate of drug-likeness (QED) is 0.727. The van der Waals surface area contributed by atoms with Crippen LogP contribution in [0, 0.1) is 0 Å². The van der Waals surface area contributed by atoms with Crippen LogP contribution in [0.2, 0.25) is 0 Å². The average Bonchev–Trinajstić information content (AvgIpc) is 3.02. The van der Waals surface area contributed by atoms with Gasteiger partial charge in [0.2, 0.25) is 5.91 Å². The molecule has 0 saturated carbocycles. The average molecular weight is 387 g/mol. The van der Waals surface area contributed by atoms with Crippen LogP contribution in [0.5, 0.6) is 0 Å². The zero-order valence-electron chi connectivity index (χ0n) is 16.3. The van der Waals surface area contributed by atoms with Crippen LogP contribution in [-0.2, 0) is 4.79 Å². The zero-order chi connectivity index (χ0) is 19.9. The molecule has 1 atom stereocenters. The van der Waals surface area contributed by atoms with Gasteiger partial charge in [-0.3, -0.25) is 9.69 Å². The lowest BCUT2D eigenvalue weighted by Gasteiger charge is -2.30. The Morgan fingerprint density at radius 2 is 1.62 bits per heavy atom. The second-order valence-corrected chi connectivity index (χ2v) is 7.13. The molecule has 0 bridgehead atoms. The van der Waals surface area contributed by atoms with Gasteiger partial charge in [0.15, 0.2) is 5.82 Å². The highest BCUT2D eigenvalue weighted by Gasteiger charge is 2.29. The number of hydrogen-bond donors (Lipinski definition) is 1. The second-order valence-electron chi connectivity index (χ2n) is 7.13. The zero-order valence-corrected chi connectivity index (χ0v) is 16.3. The normalized spacial score (nSPS) is 16.1. The molecule has 0 spiro atoms. The lowest BCUT2D eigenvalue weighted by molar-refractivity contribution is -0.121. The van der Waals surface area contributed by atoms with Gasteiger partial charge >= 0.3 is 0 Å². The third-order valence-electron chi connectivity index (χ3n) is 5.18. The van der Waals surface area contributed by atoms with E-state index in [0.717, 1.165) is 49.7 Å². The third-order valence-corrected chi connectivity index (χ3v) is 5.18. The number of amides is 1. The Labute approximate surface area is 171 Å². The van der Waals surface area contributed by atoms with E-state index in [4.69, 9.17) is 0 Å². The summed E-state index contributed by atoms with van der Waals surface area (Å²) in [5.74, 6) is 0.884. The van der Waals surface area contributed by atoms with Crippen molar-refractivity contribution >= 4 is 17.4 Å². The Balaban J connectivity index is 1.54. The minimum Gasteiger partial charge on any atom is -0.354 e. The first-order valence-corrected chi connectivity index (χ1v) is 9.99. The Morgan fingerprint density at radius 3 is 2.34 bits per heavy atom. The van der Waals surface area contributed by atoms with E-state index < -0.39 is 0 Å². The molecule has 0 radical (unpaired) electrons. The van der Waals surface area contributed by atoms with Gasteiger partial charge in [0.25, 0.3) is 0 Å². The molecule has 2 heterocycles. The van der Waals surface area contributed by atoms with Crippen molar-refractivity contribution in [2.45, 2.75) is 12.5 Å². The number of carbonyl (C=O) groups is 1. The molecule has 4 rings (SSSR count). The number of para-hydroxylation sites is 1. The number of carbonyl (C=O) groups excluding carboxylic acids is 1. The largest absolute Gasteiger partial charge is 0.354 e. The molecule has 1 aliphatic heterocycles. The van der Waals surface area contributed by atoms with Gasteiger partial charge in [0.05, 0.1) is 0 Å². The van der Waals surface area contributed by atoms with Crippen LogP contribution >= 0.6 is 0 Å². The Kier molecular flexibility index (Phi) is 6.12. The summed E-state index contributed by atoms with van der Waals surface area (Å²) >= 11 is 0. The standard InChI is InChI=1S/C23H25N5O/c29-23(25-20-11-5-2-6-12-20)22(19-9-3-1-4-10-19)28-16-8-15-27(17-18-28)21-13-7-14-24-26-21/h1-7,9-14,22H,8,15-18H2,(H,25,29)/t22-/m1/s1. The third kappa shape index (κ3) is 4.78. The first kappa shape index (κ1) is 19.1. The Hall–Kier alpha value is -3.25. The molecule has 3 aromatic rings. The maximum absolute atomic E-state index is 13.3. The van der Waals surface area contributed by atoms with Crippen LogP contribution in [0.25, 0.3) is 0 Å². The van der Waals surface area contributed by atoms with Gasteiger partial charge in [-0.2, -0.15) is 5.10 Å². The minimum absolute atomic E-state index is 0.00430. The molecular formula is C23H25N5O. The molecule has 0 unspecified atom stereocenters. The highest BCUT2D eigenvalue weighted by molar-refractivity contribution is 5.95. The van der Waals surface area contributed by atoms with Crippen LogP contribution in [0.1, 0.15) is 18.0 Å². The van der Waals surface area contributed by atoms with Crippen molar-refractivity contribution < 1.29 is 4.79 Å². The number of benzene rings is 2. The molecule has 0 aliphatic carbocycles. The predicted octanol–water partition coefficient (Wildman–Crippen LogP) is 3.37. The number of nitrogens with zero attached hydrogens (tertiary/aromatic N) is 4. The summed E-state index contributed by atoms with van der Waals surface area (Å²) in [5.41, 5.74) is 1.82. The molecule has 1 aliphatic rings. The summed E-state index contributed by atoms with van der Waals surface area (Å²) in [6.07, 6.45) is 2.64. The van der Waals surface area contributed by atoms with E-state index in [1.807, 2.05) is 72.8 Å². The van der Waals surface area contributed by atoms with Gasteiger partial charge in [-0.05, 0) is 36.2 Å². The van der Waals surface area contributed by atoms with Crippen molar-refractivity contribution in [1.82, 2.24) is 15.1 Å². The van der Waals surface area contributed by atoms with E-state index in [2.05, 4.69) is 25.3 Å². The van der Waals surface area contributed by atoms with E-state index in [9.17, 15) is 4.79 Å². The molecule has 1 saturated heterocycles. The summed E-state index contributed by atoms with van der Waals surface area (Å²) in [7, 11) is 0. The second kappa shape index (κ2) is 9.30. The van der Waals surface area contributed by atoms with Gasteiger partial charge in [0, 0.05) is 38.1 Å². The first-order chi connectivity index (χ1) is 14.3. The van der Waals surface area contributed by atoms with Crippen molar-refractivity contribution in [3.8, 4) is 0 Å². The molecule has 2 aromatic carbocycles. The van der Waals surface area contributed by atoms with Crippen LogP contribution < -0.4 is 10.2 Å². The van der Waals surface area contributed by atoms with Crippen molar-refractivity contribution in [3.63, 3.8) is 0 Å². The molecule has 29 heavy (non-hydrogen) atoms. The van der Waals surface area contributed by atoms with Crippen LogP contribution in [0.4, 0.5) is 11.5 Å². The molecule has 1 fully saturated rings. The summed E-state index contributed by atoms with van der Waals surface area (Å²) in [6, 6.07) is 23.2. The first-order valence-electron chi connectivity index (χ1n) is 9.99. The van der Waals surface area contributed by atoms with Gasteiger partial charge < -0.3 is 10.2 Å². The number of anilines is 2. The van der Waals surface area contributed by atoms with Crippen LogP contribution in [-0.4, -0.2) is 47.2 Å². The molecule has 1 N–H and O–H groups in total. The molecular weight excluding hydrogens is 362 g/mol. The van der Waals surface area contributed by atoms with Gasteiger partial charge in [0.1, 0.15) is 6.04 Å². The van der Waals surface area contributed by atoms with E-state index >= 15 is 0 Å². The number of nitrogens with one attached hydrogen (secondary N) is 1. The van der Waals surface area contributed by atoms with E-state index in [0.29, 0.717) is 0 Å². The highest BCUT2D eigenvalue weighted by Crippen LogP contribution is 2.25. The van der Waals surface area contributed by atoms with Crippen molar-refractivity contribution in [1.29, 1.82) is 0 Å². The monoisotopic (exact) mass is 387 g/mol. The Morgan fingerprint density at radius 1 is 0.862 bits per heavy atom. The van der Waals surface area contributed by atoms with Crippen molar-refractivity contribution in [2.75, 3.05) is 36.4 Å². The van der Waals surface area contributed by atoms with E-state index in [1.165, 1.54) is 0 Å². The fraction of sp³-hybridized carbons (Fsp3) is 0.261.